The molecule has 0 aliphatic heterocycles. The van der Waals surface area contributed by atoms with E-state index < -0.39 is 5.91 Å². The fourth-order valence-corrected chi connectivity index (χ4v) is 4.46. The van der Waals surface area contributed by atoms with E-state index in [0.717, 1.165) is 21.0 Å². The number of fused-ring (bicyclic) bond motifs is 1. The van der Waals surface area contributed by atoms with Crippen molar-refractivity contribution >= 4 is 44.4 Å². The van der Waals surface area contributed by atoms with Crippen LogP contribution >= 0.6 is 15.9 Å². The summed E-state index contributed by atoms with van der Waals surface area (Å²) >= 11 is 3.39. The SMILES string of the molecule is C=CCc1cc(/C=C(/C#N)C(=O)Nc2cccc(Br)c2)cc(OCC)c1OCc1ccc2ccccc2c1. The van der Waals surface area contributed by atoms with E-state index in [1.807, 2.05) is 43.3 Å². The van der Waals surface area contributed by atoms with Gasteiger partial charge in [-0.1, -0.05) is 64.5 Å². The number of allylic oxidation sites excluding steroid dienone is 1. The van der Waals surface area contributed by atoms with Crippen LogP contribution in [0, 0.1) is 11.3 Å². The van der Waals surface area contributed by atoms with Crippen LogP contribution in [0.5, 0.6) is 11.5 Å². The van der Waals surface area contributed by atoms with Crippen molar-refractivity contribution in [3.05, 3.63) is 118 Å². The number of carbonyl (C=O) groups is 1. The Labute approximate surface area is 231 Å². The van der Waals surface area contributed by atoms with E-state index >= 15 is 0 Å². The number of halogens is 1. The van der Waals surface area contributed by atoms with Crippen molar-refractivity contribution in [2.45, 2.75) is 20.0 Å². The summed E-state index contributed by atoms with van der Waals surface area (Å²) in [6.07, 6.45) is 3.86. The molecule has 0 fully saturated rings. The van der Waals surface area contributed by atoms with E-state index in [0.29, 0.717) is 42.4 Å². The molecule has 1 amide bonds. The zero-order chi connectivity index (χ0) is 26.9. The average molecular weight is 567 g/mol. The van der Waals surface area contributed by atoms with Crippen LogP contribution in [0.3, 0.4) is 0 Å². The first-order valence-electron chi connectivity index (χ1n) is 12.2. The Balaban J connectivity index is 1.63. The molecule has 190 valence electrons. The first-order valence-corrected chi connectivity index (χ1v) is 13.0. The number of rotatable bonds is 10. The number of hydrogen-bond acceptors (Lipinski definition) is 4. The maximum Gasteiger partial charge on any atom is 0.266 e. The number of nitriles is 1. The van der Waals surface area contributed by atoms with E-state index in [2.05, 4.69) is 58.2 Å². The van der Waals surface area contributed by atoms with E-state index in [9.17, 15) is 10.1 Å². The Hall–Kier alpha value is -4.34. The molecule has 0 radical (unpaired) electrons. The lowest BCUT2D eigenvalue weighted by Gasteiger charge is -2.17. The summed E-state index contributed by atoms with van der Waals surface area (Å²) in [6.45, 7) is 6.58. The minimum absolute atomic E-state index is 0.0261. The van der Waals surface area contributed by atoms with Crippen molar-refractivity contribution in [3.8, 4) is 17.6 Å². The van der Waals surface area contributed by atoms with E-state index in [1.54, 1.807) is 30.4 Å². The van der Waals surface area contributed by atoms with Crippen molar-refractivity contribution in [2.75, 3.05) is 11.9 Å². The largest absolute Gasteiger partial charge is 0.490 e. The Morgan fingerprint density at radius 2 is 1.84 bits per heavy atom. The monoisotopic (exact) mass is 566 g/mol. The van der Waals surface area contributed by atoms with Crippen LogP contribution in [0.15, 0.2) is 102 Å². The molecular formula is C32H27BrN2O3. The highest BCUT2D eigenvalue weighted by Gasteiger charge is 2.16. The van der Waals surface area contributed by atoms with Gasteiger partial charge in [0.05, 0.1) is 6.61 Å². The third kappa shape index (κ3) is 6.70. The van der Waals surface area contributed by atoms with Gasteiger partial charge in [0.15, 0.2) is 11.5 Å². The second-order valence-corrected chi connectivity index (χ2v) is 9.45. The van der Waals surface area contributed by atoms with Crippen LogP contribution in [0.4, 0.5) is 5.69 Å². The summed E-state index contributed by atoms with van der Waals surface area (Å²) in [5, 5.41) is 14.8. The summed E-state index contributed by atoms with van der Waals surface area (Å²) in [6, 6.07) is 27.3. The Morgan fingerprint density at radius 3 is 2.58 bits per heavy atom. The highest BCUT2D eigenvalue weighted by atomic mass is 79.9. The maximum absolute atomic E-state index is 12.8. The van der Waals surface area contributed by atoms with E-state index in [1.165, 1.54) is 5.39 Å². The standard InChI is InChI=1S/C32H27BrN2O3/c1-3-8-26-16-23(17-27(20-34)32(36)35-29-12-7-11-28(33)19-29)18-30(37-4-2)31(26)38-21-22-13-14-24-9-5-6-10-25(24)15-22/h3,5-7,9-19H,1,4,8,21H2,2H3,(H,35,36)/b27-17-. The molecular weight excluding hydrogens is 540 g/mol. The fraction of sp³-hybridized carbons (Fsp3) is 0.125. The van der Waals surface area contributed by atoms with Crippen molar-refractivity contribution in [1.82, 2.24) is 0 Å². The lowest BCUT2D eigenvalue weighted by atomic mass is 10.0. The Bertz CT molecular complexity index is 1550. The number of nitrogens with zero attached hydrogens (tertiary/aromatic N) is 1. The number of hydrogen-bond donors (Lipinski definition) is 1. The van der Waals surface area contributed by atoms with Crippen molar-refractivity contribution in [2.24, 2.45) is 0 Å². The molecule has 5 nitrogen and oxygen atoms in total. The van der Waals surface area contributed by atoms with Crippen molar-refractivity contribution in [1.29, 1.82) is 5.26 Å². The summed E-state index contributed by atoms with van der Waals surface area (Å²) in [4.78, 5) is 12.8. The molecule has 0 spiro atoms. The van der Waals surface area contributed by atoms with Gasteiger partial charge in [0.2, 0.25) is 0 Å². The third-order valence-electron chi connectivity index (χ3n) is 5.77. The van der Waals surface area contributed by atoms with Gasteiger partial charge in [-0.3, -0.25) is 4.79 Å². The number of nitrogens with one attached hydrogen (secondary N) is 1. The summed E-state index contributed by atoms with van der Waals surface area (Å²) < 4.78 is 13.0. The molecule has 0 saturated carbocycles. The number of benzene rings is 4. The highest BCUT2D eigenvalue weighted by Crippen LogP contribution is 2.35. The minimum Gasteiger partial charge on any atom is -0.490 e. The molecule has 0 unspecified atom stereocenters. The molecule has 0 atom stereocenters. The topological polar surface area (TPSA) is 71.4 Å². The summed E-state index contributed by atoms with van der Waals surface area (Å²) in [5.74, 6) is 0.670. The molecule has 0 aromatic heterocycles. The smallest absolute Gasteiger partial charge is 0.266 e. The van der Waals surface area contributed by atoms with Crippen LogP contribution < -0.4 is 14.8 Å². The van der Waals surface area contributed by atoms with Gasteiger partial charge < -0.3 is 14.8 Å². The summed E-state index contributed by atoms with van der Waals surface area (Å²) in [5.41, 5.74) is 3.11. The van der Waals surface area contributed by atoms with Gasteiger partial charge in [0, 0.05) is 15.7 Å². The number of amides is 1. The lowest BCUT2D eigenvalue weighted by Crippen LogP contribution is -2.13. The third-order valence-corrected chi connectivity index (χ3v) is 6.27. The highest BCUT2D eigenvalue weighted by molar-refractivity contribution is 9.10. The van der Waals surface area contributed by atoms with Crippen LogP contribution in [-0.2, 0) is 17.8 Å². The molecule has 4 aromatic rings. The van der Waals surface area contributed by atoms with Crippen molar-refractivity contribution < 1.29 is 14.3 Å². The molecule has 6 heteroatoms. The first kappa shape index (κ1) is 26.7. The lowest BCUT2D eigenvalue weighted by molar-refractivity contribution is -0.112. The molecule has 0 aliphatic rings. The van der Waals surface area contributed by atoms with Gasteiger partial charge >= 0.3 is 0 Å². The number of ether oxygens (including phenoxy) is 2. The van der Waals surface area contributed by atoms with Crippen LogP contribution in [0.25, 0.3) is 16.8 Å². The number of carbonyl (C=O) groups excluding carboxylic acids is 1. The number of anilines is 1. The average Bonchev–Trinajstić information content (AvgIpc) is 2.91. The predicted octanol–water partition coefficient (Wildman–Crippen LogP) is 7.85. The molecule has 4 aromatic carbocycles. The molecule has 0 aliphatic carbocycles. The van der Waals surface area contributed by atoms with E-state index in [-0.39, 0.29) is 5.57 Å². The normalized spacial score (nSPS) is 11.0. The van der Waals surface area contributed by atoms with Crippen LogP contribution in [-0.4, -0.2) is 12.5 Å². The van der Waals surface area contributed by atoms with Gasteiger partial charge in [-0.15, -0.1) is 6.58 Å². The second-order valence-electron chi connectivity index (χ2n) is 8.54. The zero-order valence-electron chi connectivity index (χ0n) is 21.0. The zero-order valence-corrected chi connectivity index (χ0v) is 22.6. The van der Waals surface area contributed by atoms with Crippen molar-refractivity contribution in [3.63, 3.8) is 0 Å². The molecule has 4 rings (SSSR count). The van der Waals surface area contributed by atoms with Crippen LogP contribution in [0.1, 0.15) is 23.6 Å². The summed E-state index contributed by atoms with van der Waals surface area (Å²) in [7, 11) is 0. The molecule has 0 heterocycles. The molecule has 0 saturated heterocycles. The fourth-order valence-electron chi connectivity index (χ4n) is 4.06. The van der Waals surface area contributed by atoms with Gasteiger partial charge in [-0.25, -0.2) is 0 Å². The van der Waals surface area contributed by atoms with Gasteiger partial charge in [0.25, 0.3) is 5.91 Å². The maximum atomic E-state index is 12.8. The van der Waals surface area contributed by atoms with Crippen LogP contribution in [0.2, 0.25) is 0 Å². The molecule has 38 heavy (non-hydrogen) atoms. The Kier molecular flexibility index (Phi) is 8.97. The van der Waals surface area contributed by atoms with Gasteiger partial charge in [-0.2, -0.15) is 5.26 Å². The first-order chi connectivity index (χ1) is 18.5. The quantitative estimate of drug-likeness (QED) is 0.120. The second kappa shape index (κ2) is 12.8. The molecule has 1 N–H and O–H groups in total. The Morgan fingerprint density at radius 1 is 1.03 bits per heavy atom. The van der Waals surface area contributed by atoms with E-state index in [4.69, 9.17) is 9.47 Å². The predicted molar refractivity (Wildman–Crippen MR) is 156 cm³/mol. The molecule has 0 bridgehead atoms. The van der Waals surface area contributed by atoms with Gasteiger partial charge in [-0.05, 0) is 77.7 Å². The minimum atomic E-state index is -0.495. The van der Waals surface area contributed by atoms with Gasteiger partial charge in [0.1, 0.15) is 18.2 Å².